The van der Waals surface area contributed by atoms with Gasteiger partial charge in [-0.2, -0.15) is 0 Å². The zero-order valence-corrected chi connectivity index (χ0v) is 14.5. The molecular formula is C19H23NO2S. The number of hydrogen-bond donors (Lipinski definition) is 1. The zero-order chi connectivity index (χ0) is 16.4. The van der Waals surface area contributed by atoms with Gasteiger partial charge in [-0.15, -0.1) is 11.3 Å². The first-order chi connectivity index (χ1) is 11.1. The van der Waals surface area contributed by atoms with Gasteiger partial charge in [0.2, 0.25) is 0 Å². The summed E-state index contributed by atoms with van der Waals surface area (Å²) in [6.45, 7) is 4.84. The Labute approximate surface area is 141 Å². The highest BCUT2D eigenvalue weighted by Gasteiger charge is 2.32. The van der Waals surface area contributed by atoms with Crippen LogP contribution in [-0.4, -0.2) is 28.5 Å². The van der Waals surface area contributed by atoms with Gasteiger partial charge in [0.25, 0.3) is 5.91 Å². The summed E-state index contributed by atoms with van der Waals surface area (Å²) in [5.41, 5.74) is 1.75. The summed E-state index contributed by atoms with van der Waals surface area (Å²) in [6.07, 6.45) is 2.08. The minimum absolute atomic E-state index is 0.120. The average Bonchev–Trinajstić information content (AvgIpc) is 3.13. The van der Waals surface area contributed by atoms with Gasteiger partial charge in [0.15, 0.2) is 0 Å². The molecule has 1 aliphatic rings. The van der Waals surface area contributed by atoms with E-state index in [-0.39, 0.29) is 11.9 Å². The monoisotopic (exact) mass is 329 g/mol. The third kappa shape index (κ3) is 3.48. The van der Waals surface area contributed by atoms with E-state index >= 15 is 0 Å². The number of aliphatic hydroxyl groups is 1. The van der Waals surface area contributed by atoms with Crippen molar-refractivity contribution in [2.24, 2.45) is 0 Å². The molecule has 122 valence electrons. The van der Waals surface area contributed by atoms with Crippen LogP contribution in [0.3, 0.4) is 0 Å². The van der Waals surface area contributed by atoms with Crippen LogP contribution in [0.15, 0.2) is 36.4 Å². The molecule has 1 saturated heterocycles. The van der Waals surface area contributed by atoms with Crippen molar-refractivity contribution in [3.8, 4) is 0 Å². The molecule has 3 nitrogen and oxygen atoms in total. The van der Waals surface area contributed by atoms with Crippen molar-refractivity contribution < 1.29 is 9.90 Å². The molecule has 1 N–H and O–H groups in total. The van der Waals surface area contributed by atoms with Gasteiger partial charge in [0.05, 0.1) is 11.7 Å². The molecule has 0 radical (unpaired) electrons. The fraction of sp³-hybridized carbons (Fsp3) is 0.421. The van der Waals surface area contributed by atoms with E-state index < -0.39 is 6.10 Å². The van der Waals surface area contributed by atoms with Crippen molar-refractivity contribution in [3.05, 3.63) is 57.3 Å². The molecule has 0 spiro atoms. The van der Waals surface area contributed by atoms with Crippen molar-refractivity contribution >= 4 is 17.2 Å². The first-order valence-electron chi connectivity index (χ1n) is 8.17. The van der Waals surface area contributed by atoms with Crippen LogP contribution in [-0.2, 0) is 0 Å². The first-order valence-corrected chi connectivity index (χ1v) is 8.99. The quantitative estimate of drug-likeness (QED) is 0.917. The van der Waals surface area contributed by atoms with E-state index in [2.05, 4.69) is 0 Å². The number of hydrogen-bond acceptors (Lipinski definition) is 3. The Morgan fingerprint density at radius 3 is 2.74 bits per heavy atom. The molecule has 23 heavy (non-hydrogen) atoms. The fourth-order valence-corrected chi connectivity index (χ4v) is 4.33. The van der Waals surface area contributed by atoms with E-state index in [4.69, 9.17) is 0 Å². The van der Waals surface area contributed by atoms with Gasteiger partial charge < -0.3 is 10.0 Å². The molecule has 1 aliphatic heterocycles. The van der Waals surface area contributed by atoms with Crippen molar-refractivity contribution in [2.75, 3.05) is 6.54 Å². The SMILES string of the molecule is Cc1cc(C(=O)N2CCCC2CC(O)c2ccccc2)c(C)s1. The molecule has 3 rings (SSSR count). The van der Waals surface area contributed by atoms with Crippen LogP contribution in [0.5, 0.6) is 0 Å². The maximum atomic E-state index is 12.9. The summed E-state index contributed by atoms with van der Waals surface area (Å²) >= 11 is 1.67. The van der Waals surface area contributed by atoms with Crippen molar-refractivity contribution in [1.82, 2.24) is 4.90 Å². The van der Waals surface area contributed by atoms with E-state index in [1.807, 2.05) is 55.1 Å². The van der Waals surface area contributed by atoms with Gasteiger partial charge in [-0.1, -0.05) is 30.3 Å². The third-order valence-electron chi connectivity index (χ3n) is 4.59. The maximum absolute atomic E-state index is 12.9. The number of amides is 1. The number of nitrogens with zero attached hydrogens (tertiary/aromatic N) is 1. The molecule has 2 unspecified atom stereocenters. The molecule has 1 fully saturated rings. The predicted molar refractivity (Wildman–Crippen MR) is 93.9 cm³/mol. The minimum Gasteiger partial charge on any atom is -0.388 e. The lowest BCUT2D eigenvalue weighted by Crippen LogP contribution is -2.36. The first kappa shape index (κ1) is 16.2. The molecule has 2 aromatic rings. The largest absolute Gasteiger partial charge is 0.388 e. The van der Waals surface area contributed by atoms with Gasteiger partial charge >= 0.3 is 0 Å². The van der Waals surface area contributed by atoms with Gasteiger partial charge in [-0.3, -0.25) is 4.79 Å². The highest BCUT2D eigenvalue weighted by molar-refractivity contribution is 7.12. The summed E-state index contributed by atoms with van der Waals surface area (Å²) in [6, 6.07) is 11.8. The summed E-state index contributed by atoms with van der Waals surface area (Å²) in [5.74, 6) is 0.120. The van der Waals surface area contributed by atoms with Gasteiger partial charge in [-0.05, 0) is 44.7 Å². The number of likely N-dealkylation sites (tertiary alicyclic amines) is 1. The van der Waals surface area contributed by atoms with E-state index in [1.165, 1.54) is 4.88 Å². The topological polar surface area (TPSA) is 40.5 Å². The Bertz CT molecular complexity index is 680. The lowest BCUT2D eigenvalue weighted by molar-refractivity contribution is 0.0667. The molecule has 1 aromatic heterocycles. The number of carbonyl (C=O) groups is 1. The Morgan fingerprint density at radius 2 is 2.09 bits per heavy atom. The van der Waals surface area contributed by atoms with Crippen molar-refractivity contribution in [3.63, 3.8) is 0 Å². The van der Waals surface area contributed by atoms with Crippen LogP contribution >= 0.6 is 11.3 Å². The second kappa shape index (κ2) is 6.85. The van der Waals surface area contributed by atoms with Crippen LogP contribution < -0.4 is 0 Å². The predicted octanol–water partition coefficient (Wildman–Crippen LogP) is 4.09. The van der Waals surface area contributed by atoms with Crippen LogP contribution in [0, 0.1) is 13.8 Å². The van der Waals surface area contributed by atoms with Crippen molar-refractivity contribution in [1.29, 1.82) is 0 Å². The second-order valence-electron chi connectivity index (χ2n) is 6.28. The molecule has 2 heterocycles. The van der Waals surface area contributed by atoms with Crippen LogP contribution in [0.25, 0.3) is 0 Å². The molecule has 1 aromatic carbocycles. The van der Waals surface area contributed by atoms with Crippen LogP contribution in [0.1, 0.15) is 51.0 Å². The number of thiophene rings is 1. The van der Waals surface area contributed by atoms with Gasteiger partial charge in [-0.25, -0.2) is 0 Å². The summed E-state index contributed by atoms with van der Waals surface area (Å²) in [4.78, 5) is 17.1. The normalized spacial score (nSPS) is 19.1. The Balaban J connectivity index is 1.73. The average molecular weight is 329 g/mol. The molecular weight excluding hydrogens is 306 g/mol. The molecule has 4 heteroatoms. The molecule has 0 bridgehead atoms. The summed E-state index contributed by atoms with van der Waals surface area (Å²) in [7, 11) is 0. The van der Waals surface area contributed by atoms with E-state index in [0.29, 0.717) is 6.42 Å². The maximum Gasteiger partial charge on any atom is 0.255 e. The molecule has 0 aliphatic carbocycles. The van der Waals surface area contributed by atoms with E-state index in [1.54, 1.807) is 11.3 Å². The summed E-state index contributed by atoms with van der Waals surface area (Å²) in [5, 5.41) is 10.5. The van der Waals surface area contributed by atoms with Crippen LogP contribution in [0.4, 0.5) is 0 Å². The highest BCUT2D eigenvalue weighted by atomic mass is 32.1. The third-order valence-corrected chi connectivity index (χ3v) is 5.55. The zero-order valence-electron chi connectivity index (χ0n) is 13.7. The number of aryl methyl sites for hydroxylation is 2. The standard InChI is InChI=1S/C19H23NO2S/c1-13-11-17(14(2)23-13)19(22)20-10-6-9-16(20)12-18(21)15-7-4-3-5-8-15/h3-5,7-8,11,16,18,21H,6,9-10,12H2,1-2H3. The Kier molecular flexibility index (Phi) is 4.83. The molecule has 0 saturated carbocycles. The molecule has 1 amide bonds. The lowest BCUT2D eigenvalue weighted by Gasteiger charge is -2.27. The Hall–Kier alpha value is -1.65. The number of rotatable bonds is 4. The number of benzene rings is 1. The fourth-order valence-electron chi connectivity index (χ4n) is 3.41. The number of carbonyl (C=O) groups excluding carboxylic acids is 1. The molecule has 2 atom stereocenters. The van der Waals surface area contributed by atoms with Crippen LogP contribution in [0.2, 0.25) is 0 Å². The van der Waals surface area contributed by atoms with E-state index in [9.17, 15) is 9.90 Å². The Morgan fingerprint density at radius 1 is 1.35 bits per heavy atom. The van der Waals surface area contributed by atoms with Crippen molar-refractivity contribution in [2.45, 2.75) is 45.3 Å². The van der Waals surface area contributed by atoms with Gasteiger partial charge in [0, 0.05) is 22.3 Å². The smallest absolute Gasteiger partial charge is 0.255 e. The van der Waals surface area contributed by atoms with Gasteiger partial charge in [0.1, 0.15) is 0 Å². The number of aliphatic hydroxyl groups excluding tert-OH is 1. The lowest BCUT2D eigenvalue weighted by atomic mass is 10.00. The highest BCUT2D eigenvalue weighted by Crippen LogP contribution is 2.30. The second-order valence-corrected chi connectivity index (χ2v) is 7.74. The van der Waals surface area contributed by atoms with E-state index in [0.717, 1.165) is 35.4 Å². The summed E-state index contributed by atoms with van der Waals surface area (Å²) < 4.78 is 0. The minimum atomic E-state index is -0.514.